The van der Waals surface area contributed by atoms with Crippen LogP contribution in [0, 0.1) is 11.8 Å². The van der Waals surface area contributed by atoms with Crippen molar-refractivity contribution in [1.82, 2.24) is 0 Å². The van der Waals surface area contributed by atoms with Crippen LogP contribution in [0.4, 0.5) is 5.69 Å². The summed E-state index contributed by atoms with van der Waals surface area (Å²) in [6.07, 6.45) is 2.08. The Balaban J connectivity index is 2.36. The molecule has 1 aromatic rings. The second-order valence-electron chi connectivity index (χ2n) is 6.16. The first-order valence-corrected chi connectivity index (χ1v) is 7.77. The van der Waals surface area contributed by atoms with Crippen LogP contribution in [0.15, 0.2) is 18.2 Å². The number of anilines is 1. The molecule has 4 nitrogen and oxygen atoms in total. The highest BCUT2D eigenvalue weighted by Crippen LogP contribution is 2.36. The van der Waals surface area contributed by atoms with E-state index in [-0.39, 0.29) is 5.56 Å². The largest absolute Gasteiger partial charge is 0.491 e. The number of aromatic carboxylic acids is 1. The standard InChI is InChI=1S/C17H25NO3/c1-4-8-21-16-14(17(19)20)6-5-7-15(16)18-10-12(2)9-13(3)11-18/h5-7,12-13H,4,8-11H2,1-3H3,(H,19,20)/t12-,13-/m1/s1. The molecule has 1 N–H and O–H groups in total. The number of hydrogen-bond acceptors (Lipinski definition) is 3. The normalized spacial score (nSPS) is 22.1. The van der Waals surface area contributed by atoms with Crippen LogP contribution in [0.5, 0.6) is 5.75 Å². The molecule has 0 unspecified atom stereocenters. The zero-order valence-corrected chi connectivity index (χ0v) is 13.1. The Morgan fingerprint density at radius 2 is 2.00 bits per heavy atom. The molecule has 1 saturated heterocycles. The summed E-state index contributed by atoms with van der Waals surface area (Å²) < 4.78 is 5.78. The molecular formula is C17H25NO3. The van der Waals surface area contributed by atoms with Crippen molar-refractivity contribution in [3.63, 3.8) is 0 Å². The van der Waals surface area contributed by atoms with Gasteiger partial charge in [0.2, 0.25) is 0 Å². The summed E-state index contributed by atoms with van der Waals surface area (Å²) in [6, 6.07) is 5.40. The summed E-state index contributed by atoms with van der Waals surface area (Å²) in [4.78, 5) is 13.7. The molecule has 21 heavy (non-hydrogen) atoms. The minimum absolute atomic E-state index is 0.256. The molecule has 0 bridgehead atoms. The number of carboxylic acids is 1. The number of hydrogen-bond donors (Lipinski definition) is 1. The Hall–Kier alpha value is -1.71. The fraction of sp³-hybridized carbons (Fsp3) is 0.588. The number of carbonyl (C=O) groups is 1. The quantitative estimate of drug-likeness (QED) is 0.899. The number of nitrogens with zero attached hydrogens (tertiary/aromatic N) is 1. The van der Waals surface area contributed by atoms with Crippen LogP contribution >= 0.6 is 0 Å². The molecule has 1 aliphatic rings. The summed E-state index contributed by atoms with van der Waals surface area (Å²) >= 11 is 0. The molecule has 0 aliphatic carbocycles. The van der Waals surface area contributed by atoms with Crippen molar-refractivity contribution in [2.75, 3.05) is 24.6 Å². The van der Waals surface area contributed by atoms with Crippen molar-refractivity contribution < 1.29 is 14.6 Å². The number of rotatable bonds is 5. The number of benzene rings is 1. The Morgan fingerprint density at radius 3 is 2.57 bits per heavy atom. The van der Waals surface area contributed by atoms with E-state index in [0.717, 1.165) is 25.2 Å². The van der Waals surface area contributed by atoms with Gasteiger partial charge in [-0.15, -0.1) is 0 Å². The van der Waals surface area contributed by atoms with Crippen LogP contribution in [0.25, 0.3) is 0 Å². The fourth-order valence-electron chi connectivity index (χ4n) is 3.16. The average Bonchev–Trinajstić information content (AvgIpc) is 2.43. The van der Waals surface area contributed by atoms with E-state index in [9.17, 15) is 9.90 Å². The molecular weight excluding hydrogens is 266 g/mol. The van der Waals surface area contributed by atoms with Crippen molar-refractivity contribution in [2.45, 2.75) is 33.6 Å². The third-order valence-corrected chi connectivity index (χ3v) is 3.88. The van der Waals surface area contributed by atoms with Crippen LogP contribution in [-0.2, 0) is 0 Å². The maximum atomic E-state index is 11.5. The van der Waals surface area contributed by atoms with Crippen molar-refractivity contribution in [3.05, 3.63) is 23.8 Å². The van der Waals surface area contributed by atoms with Gasteiger partial charge in [-0.1, -0.05) is 26.8 Å². The average molecular weight is 291 g/mol. The predicted molar refractivity (Wildman–Crippen MR) is 84.3 cm³/mol. The van der Waals surface area contributed by atoms with Crippen molar-refractivity contribution in [2.24, 2.45) is 11.8 Å². The van der Waals surface area contributed by atoms with E-state index in [1.807, 2.05) is 19.1 Å². The van der Waals surface area contributed by atoms with Gasteiger partial charge in [0, 0.05) is 13.1 Å². The number of carboxylic acid groups (broad SMARTS) is 1. The maximum Gasteiger partial charge on any atom is 0.339 e. The third kappa shape index (κ3) is 3.69. The van der Waals surface area contributed by atoms with Gasteiger partial charge in [-0.05, 0) is 36.8 Å². The lowest BCUT2D eigenvalue weighted by Crippen LogP contribution is -2.39. The first-order valence-electron chi connectivity index (χ1n) is 7.77. The molecule has 1 aliphatic heterocycles. The highest BCUT2D eigenvalue weighted by Gasteiger charge is 2.26. The second kappa shape index (κ2) is 6.83. The molecule has 1 aromatic carbocycles. The zero-order chi connectivity index (χ0) is 15.4. The van der Waals surface area contributed by atoms with Crippen LogP contribution in [0.2, 0.25) is 0 Å². The van der Waals surface area contributed by atoms with Crippen LogP contribution < -0.4 is 9.64 Å². The van der Waals surface area contributed by atoms with Gasteiger partial charge in [0.1, 0.15) is 5.56 Å². The highest BCUT2D eigenvalue weighted by atomic mass is 16.5. The SMILES string of the molecule is CCCOc1c(C(=O)O)cccc1N1C[C@H](C)C[C@@H](C)C1. The van der Waals surface area contributed by atoms with Gasteiger partial charge in [0.25, 0.3) is 0 Å². The summed E-state index contributed by atoms with van der Waals surface area (Å²) in [5.41, 5.74) is 1.17. The van der Waals surface area contributed by atoms with E-state index in [2.05, 4.69) is 18.7 Å². The summed E-state index contributed by atoms with van der Waals surface area (Å²) in [6.45, 7) is 8.96. The Kier molecular flexibility index (Phi) is 5.10. The number of para-hydroxylation sites is 1. The number of ether oxygens (including phenoxy) is 1. The second-order valence-corrected chi connectivity index (χ2v) is 6.16. The molecule has 1 heterocycles. The first-order chi connectivity index (χ1) is 10.0. The lowest BCUT2D eigenvalue weighted by molar-refractivity contribution is 0.0692. The molecule has 2 rings (SSSR count). The van der Waals surface area contributed by atoms with Gasteiger partial charge in [-0.25, -0.2) is 4.79 Å². The molecule has 4 heteroatoms. The van der Waals surface area contributed by atoms with Crippen molar-refractivity contribution in [1.29, 1.82) is 0 Å². The lowest BCUT2D eigenvalue weighted by atomic mass is 9.91. The zero-order valence-electron chi connectivity index (χ0n) is 13.1. The molecule has 1 fully saturated rings. The third-order valence-electron chi connectivity index (χ3n) is 3.88. The van der Waals surface area contributed by atoms with Crippen LogP contribution in [-0.4, -0.2) is 30.8 Å². The van der Waals surface area contributed by atoms with Crippen molar-refractivity contribution >= 4 is 11.7 Å². The minimum Gasteiger partial charge on any atom is -0.491 e. The van der Waals surface area contributed by atoms with E-state index >= 15 is 0 Å². The fourth-order valence-corrected chi connectivity index (χ4v) is 3.16. The molecule has 0 spiro atoms. The van der Waals surface area contributed by atoms with E-state index < -0.39 is 5.97 Å². The predicted octanol–water partition coefficient (Wildman–Crippen LogP) is 3.66. The molecule has 2 atom stereocenters. The van der Waals surface area contributed by atoms with Gasteiger partial charge in [0.05, 0.1) is 12.3 Å². The van der Waals surface area contributed by atoms with Gasteiger partial charge in [-0.2, -0.15) is 0 Å². The smallest absolute Gasteiger partial charge is 0.339 e. The summed E-state index contributed by atoms with van der Waals surface area (Å²) in [5.74, 6) is 0.816. The summed E-state index contributed by atoms with van der Waals surface area (Å²) in [7, 11) is 0. The maximum absolute atomic E-state index is 11.5. The van der Waals surface area contributed by atoms with E-state index in [1.54, 1.807) is 6.07 Å². The molecule has 0 amide bonds. The Morgan fingerprint density at radius 1 is 1.33 bits per heavy atom. The van der Waals surface area contributed by atoms with E-state index in [4.69, 9.17) is 4.74 Å². The van der Waals surface area contributed by atoms with Gasteiger partial charge in [-0.3, -0.25) is 0 Å². The number of piperidine rings is 1. The molecule has 0 radical (unpaired) electrons. The topological polar surface area (TPSA) is 49.8 Å². The van der Waals surface area contributed by atoms with Crippen LogP contribution in [0.3, 0.4) is 0 Å². The highest BCUT2D eigenvalue weighted by molar-refractivity contribution is 5.93. The first kappa shape index (κ1) is 15.7. The van der Waals surface area contributed by atoms with E-state index in [0.29, 0.717) is 24.2 Å². The molecule has 116 valence electrons. The Bertz CT molecular complexity index is 491. The van der Waals surface area contributed by atoms with Crippen molar-refractivity contribution in [3.8, 4) is 5.75 Å². The Labute approximate surface area is 126 Å². The van der Waals surface area contributed by atoms with Gasteiger partial charge >= 0.3 is 5.97 Å². The lowest BCUT2D eigenvalue weighted by Gasteiger charge is -2.37. The van der Waals surface area contributed by atoms with E-state index in [1.165, 1.54) is 6.42 Å². The minimum atomic E-state index is -0.930. The van der Waals surface area contributed by atoms with Gasteiger partial charge < -0.3 is 14.7 Å². The molecule has 0 aromatic heterocycles. The molecule has 0 saturated carbocycles. The van der Waals surface area contributed by atoms with Crippen LogP contribution in [0.1, 0.15) is 44.0 Å². The summed E-state index contributed by atoms with van der Waals surface area (Å²) in [5, 5.41) is 9.39. The monoisotopic (exact) mass is 291 g/mol. The van der Waals surface area contributed by atoms with Gasteiger partial charge in [0.15, 0.2) is 5.75 Å².